The topological polar surface area (TPSA) is 75.3 Å². The molecule has 1 aromatic heterocycles. The molecule has 1 heterocycles. The van der Waals surface area contributed by atoms with Crippen molar-refractivity contribution >= 4 is 48.9 Å². The van der Waals surface area contributed by atoms with E-state index >= 15 is 0 Å². The molecule has 0 aliphatic rings. The first-order chi connectivity index (χ1) is 13.9. The molecular formula is C21H21BrN2O3S2. The number of hydrogen-bond donors (Lipinski definition) is 2. The van der Waals surface area contributed by atoms with Crippen LogP contribution in [0.3, 0.4) is 0 Å². The number of carbonyl (C=O) groups excluding carboxylic acids is 1. The summed E-state index contributed by atoms with van der Waals surface area (Å²) in [6.07, 6.45) is 1.09. The van der Waals surface area contributed by atoms with Crippen LogP contribution < -0.4 is 10.0 Å². The molecule has 0 fully saturated rings. The summed E-state index contributed by atoms with van der Waals surface area (Å²) in [5.74, 6) is -0.402. The van der Waals surface area contributed by atoms with Crippen LogP contribution in [0, 0.1) is 0 Å². The molecule has 0 spiro atoms. The minimum Gasteiger partial charge on any atom is -0.325 e. The molecule has 0 aliphatic carbocycles. The second-order valence-electron chi connectivity index (χ2n) is 6.47. The maximum atomic E-state index is 13.0. The molecule has 152 valence electrons. The van der Waals surface area contributed by atoms with Gasteiger partial charge in [0.15, 0.2) is 0 Å². The third-order valence-electron chi connectivity index (χ3n) is 4.31. The molecule has 29 heavy (non-hydrogen) atoms. The summed E-state index contributed by atoms with van der Waals surface area (Å²) < 4.78 is 29.0. The molecule has 3 aromatic rings. The Morgan fingerprint density at radius 3 is 2.41 bits per heavy atom. The van der Waals surface area contributed by atoms with Crippen LogP contribution in [-0.2, 0) is 27.7 Å². The molecule has 3 rings (SSSR count). The summed E-state index contributed by atoms with van der Waals surface area (Å²) >= 11 is 4.38. The Hall–Kier alpha value is -2.00. The summed E-state index contributed by atoms with van der Waals surface area (Å²) in [4.78, 5) is 13.0. The maximum Gasteiger partial charge on any atom is 0.250 e. The van der Waals surface area contributed by atoms with Crippen molar-refractivity contribution in [3.8, 4) is 0 Å². The minimum atomic E-state index is -3.83. The molecule has 8 heteroatoms. The van der Waals surface area contributed by atoms with Gasteiger partial charge in [0.2, 0.25) is 5.91 Å². The summed E-state index contributed by atoms with van der Waals surface area (Å²) in [7, 11) is -3.83. The van der Waals surface area contributed by atoms with Crippen molar-refractivity contribution in [2.75, 3.05) is 5.32 Å². The number of nitrogens with one attached hydrogen (secondary N) is 2. The Balaban J connectivity index is 1.84. The highest BCUT2D eigenvalue weighted by Crippen LogP contribution is 2.26. The lowest BCUT2D eigenvalue weighted by molar-refractivity contribution is -0.117. The van der Waals surface area contributed by atoms with Crippen molar-refractivity contribution in [1.29, 1.82) is 0 Å². The SMILES string of the molecule is CCc1cccc(NC(=O)[C@@H](Cc2ccccc2)NS(=O)(=O)c2ccc(Br)s2)c1. The number of carbonyl (C=O) groups is 1. The van der Waals surface area contributed by atoms with Crippen LogP contribution in [-0.4, -0.2) is 20.4 Å². The van der Waals surface area contributed by atoms with E-state index in [1.165, 1.54) is 6.07 Å². The Labute approximate surface area is 183 Å². The van der Waals surface area contributed by atoms with E-state index in [9.17, 15) is 13.2 Å². The zero-order valence-corrected chi connectivity index (χ0v) is 19.0. The molecule has 0 saturated heterocycles. The predicted octanol–water partition coefficient (Wildman–Crippen LogP) is 4.60. The highest BCUT2D eigenvalue weighted by molar-refractivity contribution is 9.11. The first-order valence-corrected chi connectivity index (χ1v) is 12.2. The largest absolute Gasteiger partial charge is 0.325 e. The maximum absolute atomic E-state index is 13.0. The minimum absolute atomic E-state index is 0.156. The van der Waals surface area contributed by atoms with E-state index in [-0.39, 0.29) is 10.6 Å². The number of rotatable bonds is 8. The normalized spacial score (nSPS) is 12.5. The van der Waals surface area contributed by atoms with Gasteiger partial charge in [-0.1, -0.05) is 49.4 Å². The van der Waals surface area contributed by atoms with Crippen molar-refractivity contribution in [3.63, 3.8) is 0 Å². The summed E-state index contributed by atoms with van der Waals surface area (Å²) in [6, 6.07) is 19.1. The summed E-state index contributed by atoms with van der Waals surface area (Å²) in [5.41, 5.74) is 2.60. The quantitative estimate of drug-likeness (QED) is 0.482. The van der Waals surface area contributed by atoms with Crippen molar-refractivity contribution in [3.05, 3.63) is 81.6 Å². The van der Waals surface area contributed by atoms with Gasteiger partial charge in [-0.3, -0.25) is 4.79 Å². The average Bonchev–Trinajstić information content (AvgIpc) is 3.15. The van der Waals surface area contributed by atoms with Crippen LogP contribution in [0.4, 0.5) is 5.69 Å². The number of sulfonamides is 1. The van der Waals surface area contributed by atoms with Gasteiger partial charge in [-0.15, -0.1) is 11.3 Å². The lowest BCUT2D eigenvalue weighted by atomic mass is 10.1. The van der Waals surface area contributed by atoms with E-state index in [2.05, 4.69) is 26.0 Å². The van der Waals surface area contributed by atoms with Crippen LogP contribution in [0.1, 0.15) is 18.1 Å². The zero-order valence-electron chi connectivity index (χ0n) is 15.8. The van der Waals surface area contributed by atoms with Gasteiger partial charge in [0.1, 0.15) is 10.3 Å². The number of anilines is 1. The van der Waals surface area contributed by atoms with E-state index in [1.54, 1.807) is 12.1 Å². The number of benzene rings is 2. The second-order valence-corrected chi connectivity index (χ2v) is 10.9. The van der Waals surface area contributed by atoms with Crippen molar-refractivity contribution in [2.24, 2.45) is 0 Å². The fourth-order valence-corrected chi connectivity index (χ4v) is 6.05. The first-order valence-electron chi connectivity index (χ1n) is 9.09. The molecule has 1 atom stereocenters. The monoisotopic (exact) mass is 492 g/mol. The van der Waals surface area contributed by atoms with E-state index < -0.39 is 22.0 Å². The van der Waals surface area contributed by atoms with E-state index in [1.807, 2.05) is 55.5 Å². The molecule has 0 saturated carbocycles. The zero-order chi connectivity index (χ0) is 20.9. The average molecular weight is 493 g/mol. The van der Waals surface area contributed by atoms with Gasteiger partial charge in [-0.25, -0.2) is 8.42 Å². The highest BCUT2D eigenvalue weighted by Gasteiger charge is 2.27. The third kappa shape index (κ3) is 5.99. The number of aryl methyl sites for hydroxylation is 1. The van der Waals surface area contributed by atoms with E-state index in [4.69, 9.17) is 0 Å². The fraction of sp³-hybridized carbons (Fsp3) is 0.190. The van der Waals surface area contributed by atoms with Gasteiger partial charge >= 0.3 is 0 Å². The molecule has 0 unspecified atom stereocenters. The molecule has 1 amide bonds. The lowest BCUT2D eigenvalue weighted by Gasteiger charge is -2.18. The van der Waals surface area contributed by atoms with Crippen LogP contribution in [0.25, 0.3) is 0 Å². The number of halogens is 1. The second kappa shape index (κ2) is 9.67. The predicted molar refractivity (Wildman–Crippen MR) is 121 cm³/mol. The smallest absolute Gasteiger partial charge is 0.250 e. The molecular weight excluding hydrogens is 472 g/mol. The van der Waals surface area contributed by atoms with Crippen LogP contribution in [0.15, 0.2) is 74.7 Å². The number of amides is 1. The molecule has 2 aromatic carbocycles. The van der Waals surface area contributed by atoms with Gasteiger partial charge in [-0.05, 0) is 64.2 Å². The number of hydrogen-bond acceptors (Lipinski definition) is 4. The standard InChI is InChI=1S/C21H21BrN2O3S2/c1-2-15-9-6-10-17(13-15)23-21(25)18(14-16-7-4-3-5-8-16)24-29(26,27)20-12-11-19(22)28-20/h3-13,18,24H,2,14H2,1H3,(H,23,25)/t18-/m1/s1. The van der Waals surface area contributed by atoms with Gasteiger partial charge in [0.05, 0.1) is 3.79 Å². The molecule has 0 bridgehead atoms. The third-order valence-corrected chi connectivity index (χ3v) is 7.90. The fourth-order valence-electron chi connectivity index (χ4n) is 2.82. The van der Waals surface area contributed by atoms with Crippen LogP contribution in [0.2, 0.25) is 0 Å². The Kier molecular flexibility index (Phi) is 7.23. The Morgan fingerprint density at radius 2 is 1.76 bits per heavy atom. The van der Waals surface area contributed by atoms with Gasteiger partial charge in [0.25, 0.3) is 10.0 Å². The van der Waals surface area contributed by atoms with Crippen molar-refractivity contribution in [1.82, 2.24) is 4.72 Å². The van der Waals surface area contributed by atoms with Gasteiger partial charge in [-0.2, -0.15) is 4.72 Å². The summed E-state index contributed by atoms with van der Waals surface area (Å²) in [5, 5.41) is 2.84. The van der Waals surface area contributed by atoms with Crippen molar-refractivity contribution < 1.29 is 13.2 Å². The molecule has 2 N–H and O–H groups in total. The van der Waals surface area contributed by atoms with Crippen molar-refractivity contribution in [2.45, 2.75) is 30.0 Å². The molecule has 0 aliphatic heterocycles. The molecule has 5 nitrogen and oxygen atoms in total. The van der Waals surface area contributed by atoms with E-state index in [0.717, 1.165) is 28.9 Å². The van der Waals surface area contributed by atoms with Gasteiger partial charge < -0.3 is 5.32 Å². The molecule has 0 radical (unpaired) electrons. The highest BCUT2D eigenvalue weighted by atomic mass is 79.9. The van der Waals surface area contributed by atoms with Gasteiger partial charge in [0, 0.05) is 5.69 Å². The van der Waals surface area contributed by atoms with Crippen LogP contribution in [0.5, 0.6) is 0 Å². The first kappa shape index (κ1) is 21.7. The summed E-state index contributed by atoms with van der Waals surface area (Å²) in [6.45, 7) is 2.03. The Bertz CT molecular complexity index is 1080. The lowest BCUT2D eigenvalue weighted by Crippen LogP contribution is -2.45. The Morgan fingerprint density at radius 1 is 1.03 bits per heavy atom. The number of thiophene rings is 1. The van der Waals surface area contributed by atoms with E-state index in [0.29, 0.717) is 9.47 Å². The van der Waals surface area contributed by atoms with Crippen LogP contribution >= 0.6 is 27.3 Å².